The fourth-order valence-corrected chi connectivity index (χ4v) is 3.04. The molecular formula is C18H16ClFN2O2. The van der Waals surface area contributed by atoms with Crippen LogP contribution in [0.15, 0.2) is 48.5 Å². The number of benzene rings is 2. The summed E-state index contributed by atoms with van der Waals surface area (Å²) in [5.41, 5.74) is 0.277. The van der Waals surface area contributed by atoms with Crippen LogP contribution >= 0.6 is 11.6 Å². The van der Waals surface area contributed by atoms with Crippen molar-refractivity contribution in [1.82, 2.24) is 10.2 Å². The number of carbonyl (C=O) groups excluding carboxylic acids is 2. The minimum Gasteiger partial charge on any atom is -0.319 e. The molecule has 4 nitrogen and oxygen atoms in total. The summed E-state index contributed by atoms with van der Waals surface area (Å²) in [5.74, 6) is -0.679. The summed E-state index contributed by atoms with van der Waals surface area (Å²) in [4.78, 5) is 26.5. The summed E-state index contributed by atoms with van der Waals surface area (Å²) in [6, 6.07) is 12.1. The van der Waals surface area contributed by atoms with Crippen LogP contribution in [0.4, 0.5) is 9.18 Å². The van der Waals surface area contributed by atoms with Gasteiger partial charge < -0.3 is 5.32 Å². The number of urea groups is 1. The van der Waals surface area contributed by atoms with E-state index in [1.807, 2.05) is 6.92 Å². The fraction of sp³-hybridized carbons (Fsp3) is 0.222. The first-order chi connectivity index (χ1) is 11.5. The molecule has 0 aliphatic carbocycles. The van der Waals surface area contributed by atoms with E-state index in [9.17, 15) is 14.0 Å². The predicted molar refractivity (Wildman–Crippen MR) is 88.9 cm³/mol. The van der Waals surface area contributed by atoms with Crippen molar-refractivity contribution < 1.29 is 14.0 Å². The van der Waals surface area contributed by atoms with Crippen LogP contribution in [0.3, 0.4) is 0 Å². The fourth-order valence-electron chi connectivity index (χ4n) is 2.92. The average molecular weight is 347 g/mol. The van der Waals surface area contributed by atoms with E-state index in [1.165, 1.54) is 12.1 Å². The Morgan fingerprint density at radius 1 is 1.08 bits per heavy atom. The van der Waals surface area contributed by atoms with Gasteiger partial charge in [0.15, 0.2) is 0 Å². The lowest BCUT2D eigenvalue weighted by molar-refractivity contribution is -0.132. The van der Waals surface area contributed by atoms with Crippen LogP contribution in [0.25, 0.3) is 0 Å². The Morgan fingerprint density at radius 2 is 1.71 bits per heavy atom. The monoisotopic (exact) mass is 346 g/mol. The molecule has 1 saturated heterocycles. The van der Waals surface area contributed by atoms with Gasteiger partial charge in [0.05, 0.1) is 6.54 Å². The molecule has 0 aromatic heterocycles. The van der Waals surface area contributed by atoms with Crippen LogP contribution in [0.2, 0.25) is 5.02 Å². The van der Waals surface area contributed by atoms with Crippen molar-refractivity contribution in [3.63, 3.8) is 0 Å². The van der Waals surface area contributed by atoms with Crippen molar-refractivity contribution in [2.75, 3.05) is 0 Å². The molecule has 1 fully saturated rings. The second-order valence-electron chi connectivity index (χ2n) is 5.71. The smallest absolute Gasteiger partial charge is 0.319 e. The number of hydrogen-bond donors (Lipinski definition) is 1. The lowest BCUT2D eigenvalue weighted by atomic mass is 9.87. The Hall–Kier alpha value is -2.40. The highest BCUT2D eigenvalue weighted by Gasteiger charge is 2.51. The van der Waals surface area contributed by atoms with Crippen LogP contribution in [0.5, 0.6) is 0 Å². The van der Waals surface area contributed by atoms with Gasteiger partial charge in [-0.05, 0) is 41.8 Å². The van der Waals surface area contributed by atoms with E-state index < -0.39 is 11.6 Å². The van der Waals surface area contributed by atoms with Gasteiger partial charge in [-0.25, -0.2) is 9.18 Å². The highest BCUT2D eigenvalue weighted by atomic mass is 35.5. The first-order valence-electron chi connectivity index (χ1n) is 7.61. The Balaban J connectivity index is 1.91. The number of halogens is 2. The van der Waals surface area contributed by atoms with Crippen molar-refractivity contribution >= 4 is 23.5 Å². The zero-order valence-corrected chi connectivity index (χ0v) is 13.8. The first-order valence-corrected chi connectivity index (χ1v) is 7.98. The van der Waals surface area contributed by atoms with Gasteiger partial charge in [0.25, 0.3) is 5.91 Å². The van der Waals surface area contributed by atoms with Gasteiger partial charge in [-0.1, -0.05) is 42.8 Å². The normalized spacial score (nSPS) is 20.4. The molecule has 1 heterocycles. The first kappa shape index (κ1) is 16.5. The van der Waals surface area contributed by atoms with E-state index in [-0.39, 0.29) is 18.3 Å². The Morgan fingerprint density at radius 3 is 2.29 bits per heavy atom. The molecule has 0 radical (unpaired) electrons. The van der Waals surface area contributed by atoms with E-state index in [1.54, 1.807) is 36.4 Å². The lowest BCUT2D eigenvalue weighted by Gasteiger charge is -2.26. The van der Waals surface area contributed by atoms with Gasteiger partial charge in [-0.15, -0.1) is 0 Å². The molecule has 3 amide bonds. The van der Waals surface area contributed by atoms with Gasteiger partial charge in [-0.3, -0.25) is 9.69 Å². The molecule has 1 aliphatic rings. The molecule has 1 aliphatic heterocycles. The lowest BCUT2D eigenvalue weighted by Crippen LogP contribution is -2.43. The van der Waals surface area contributed by atoms with E-state index in [2.05, 4.69) is 5.32 Å². The summed E-state index contributed by atoms with van der Waals surface area (Å²) >= 11 is 5.91. The van der Waals surface area contributed by atoms with Crippen LogP contribution in [-0.2, 0) is 16.9 Å². The summed E-state index contributed by atoms with van der Waals surface area (Å²) in [7, 11) is 0. The average Bonchev–Trinajstić information content (AvgIpc) is 2.82. The third kappa shape index (κ3) is 2.76. The predicted octanol–water partition coefficient (Wildman–Crippen LogP) is 3.84. The number of carbonyl (C=O) groups is 2. The second-order valence-corrected chi connectivity index (χ2v) is 6.15. The standard InChI is InChI=1S/C18H16ClFN2O2/c1-2-18(13-5-7-14(19)8-6-13)16(23)22(17(24)21-18)11-12-3-9-15(20)10-4-12/h3-10H,2,11H2,1H3,(H,21,24). The van der Waals surface area contributed by atoms with Gasteiger partial charge >= 0.3 is 6.03 Å². The van der Waals surface area contributed by atoms with E-state index in [0.717, 1.165) is 4.90 Å². The summed E-state index contributed by atoms with van der Waals surface area (Å²) < 4.78 is 13.0. The largest absolute Gasteiger partial charge is 0.325 e. The van der Waals surface area contributed by atoms with Gasteiger partial charge in [-0.2, -0.15) is 0 Å². The van der Waals surface area contributed by atoms with Crippen LogP contribution in [0.1, 0.15) is 24.5 Å². The van der Waals surface area contributed by atoms with Crippen LogP contribution in [0, 0.1) is 5.82 Å². The molecule has 24 heavy (non-hydrogen) atoms. The van der Waals surface area contributed by atoms with Gasteiger partial charge in [0.2, 0.25) is 0 Å². The van der Waals surface area contributed by atoms with Gasteiger partial charge in [0.1, 0.15) is 11.4 Å². The third-order valence-corrected chi connectivity index (χ3v) is 4.55. The number of rotatable bonds is 4. The second kappa shape index (κ2) is 6.24. The highest BCUT2D eigenvalue weighted by molar-refractivity contribution is 6.30. The minimum atomic E-state index is -1.10. The Labute approximate surface area is 144 Å². The summed E-state index contributed by atoms with van der Waals surface area (Å²) in [5, 5.41) is 3.36. The van der Waals surface area contributed by atoms with Gasteiger partial charge in [0, 0.05) is 5.02 Å². The third-order valence-electron chi connectivity index (χ3n) is 4.30. The maximum absolute atomic E-state index is 13.0. The molecule has 2 aromatic rings. The summed E-state index contributed by atoms with van der Waals surface area (Å²) in [6.07, 6.45) is 0.416. The number of imide groups is 1. The molecule has 2 aromatic carbocycles. The topological polar surface area (TPSA) is 49.4 Å². The number of nitrogens with one attached hydrogen (secondary N) is 1. The Kier molecular flexibility index (Phi) is 4.28. The number of amides is 3. The SMILES string of the molecule is CCC1(c2ccc(Cl)cc2)NC(=O)N(Cc2ccc(F)cc2)C1=O. The zero-order valence-electron chi connectivity index (χ0n) is 13.1. The molecule has 0 spiro atoms. The maximum atomic E-state index is 13.0. The summed E-state index contributed by atoms with van der Waals surface area (Å²) in [6.45, 7) is 1.94. The number of nitrogens with zero attached hydrogens (tertiary/aromatic N) is 1. The molecule has 1 unspecified atom stereocenters. The van der Waals surface area contributed by atoms with Crippen molar-refractivity contribution in [3.05, 3.63) is 70.5 Å². The van der Waals surface area contributed by atoms with Crippen molar-refractivity contribution in [3.8, 4) is 0 Å². The van der Waals surface area contributed by atoms with Crippen molar-refractivity contribution in [2.24, 2.45) is 0 Å². The molecule has 6 heteroatoms. The highest BCUT2D eigenvalue weighted by Crippen LogP contribution is 2.33. The molecule has 0 bridgehead atoms. The van der Waals surface area contributed by atoms with Crippen molar-refractivity contribution in [2.45, 2.75) is 25.4 Å². The Bertz CT molecular complexity index is 777. The molecule has 3 rings (SSSR count). The van der Waals surface area contributed by atoms with E-state index in [0.29, 0.717) is 22.6 Å². The van der Waals surface area contributed by atoms with E-state index in [4.69, 9.17) is 11.6 Å². The van der Waals surface area contributed by atoms with Crippen LogP contribution in [-0.4, -0.2) is 16.8 Å². The molecule has 1 atom stereocenters. The van der Waals surface area contributed by atoms with Crippen LogP contribution < -0.4 is 5.32 Å². The maximum Gasteiger partial charge on any atom is 0.325 e. The van der Waals surface area contributed by atoms with Crippen molar-refractivity contribution in [1.29, 1.82) is 0 Å². The number of hydrogen-bond acceptors (Lipinski definition) is 2. The zero-order chi connectivity index (χ0) is 17.3. The van der Waals surface area contributed by atoms with E-state index >= 15 is 0 Å². The minimum absolute atomic E-state index is 0.0975. The molecule has 0 saturated carbocycles. The quantitative estimate of drug-likeness (QED) is 0.855. The molecular weight excluding hydrogens is 331 g/mol. The molecule has 124 valence electrons. The molecule has 1 N–H and O–H groups in total.